The van der Waals surface area contributed by atoms with E-state index in [9.17, 15) is 13.6 Å². The van der Waals surface area contributed by atoms with Crippen molar-refractivity contribution in [1.82, 2.24) is 0 Å². The van der Waals surface area contributed by atoms with E-state index < -0.39 is 23.2 Å². The smallest absolute Gasteiger partial charge is 0.262 e. The van der Waals surface area contributed by atoms with Crippen LogP contribution in [0.5, 0.6) is 5.75 Å². The van der Waals surface area contributed by atoms with Gasteiger partial charge in [-0.1, -0.05) is 38.1 Å². The van der Waals surface area contributed by atoms with E-state index in [4.69, 9.17) is 4.74 Å². The van der Waals surface area contributed by atoms with Crippen molar-refractivity contribution in [3.63, 3.8) is 0 Å². The van der Waals surface area contributed by atoms with Gasteiger partial charge in [0.05, 0.1) is 0 Å². The zero-order valence-electron chi connectivity index (χ0n) is 13.1. The standard InChI is InChI=1S/C18H19F2NO2/c1-3-12(2)13-7-4-5-10-16(13)23-11-17(22)21-18-14(19)8-6-9-15(18)20/h4-10,12H,3,11H2,1-2H3,(H,21,22). The van der Waals surface area contributed by atoms with Gasteiger partial charge >= 0.3 is 0 Å². The average molecular weight is 319 g/mol. The van der Waals surface area contributed by atoms with Gasteiger partial charge < -0.3 is 10.1 Å². The third-order valence-corrected chi connectivity index (χ3v) is 3.65. The van der Waals surface area contributed by atoms with Gasteiger partial charge in [-0.2, -0.15) is 0 Å². The third kappa shape index (κ3) is 4.28. The quantitative estimate of drug-likeness (QED) is 0.851. The minimum absolute atomic E-state index is 0.290. The van der Waals surface area contributed by atoms with Gasteiger partial charge in [0.15, 0.2) is 6.61 Å². The highest BCUT2D eigenvalue weighted by molar-refractivity contribution is 5.92. The summed E-state index contributed by atoms with van der Waals surface area (Å²) in [5.74, 6) is -1.37. The Morgan fingerprint density at radius 1 is 1.13 bits per heavy atom. The zero-order chi connectivity index (χ0) is 16.8. The lowest BCUT2D eigenvalue weighted by Gasteiger charge is -2.15. The maximum absolute atomic E-state index is 13.5. The van der Waals surface area contributed by atoms with Crippen molar-refractivity contribution in [3.8, 4) is 5.75 Å². The third-order valence-electron chi connectivity index (χ3n) is 3.65. The Balaban J connectivity index is 2.03. The lowest BCUT2D eigenvalue weighted by atomic mass is 9.98. The maximum atomic E-state index is 13.5. The number of hydrogen-bond acceptors (Lipinski definition) is 2. The molecular formula is C18H19F2NO2. The molecule has 0 spiro atoms. The number of anilines is 1. The van der Waals surface area contributed by atoms with Gasteiger partial charge in [-0.05, 0) is 36.1 Å². The van der Waals surface area contributed by atoms with Crippen LogP contribution in [-0.4, -0.2) is 12.5 Å². The van der Waals surface area contributed by atoms with Crippen LogP contribution in [-0.2, 0) is 4.79 Å². The zero-order valence-corrected chi connectivity index (χ0v) is 13.1. The van der Waals surface area contributed by atoms with Crippen molar-refractivity contribution in [3.05, 3.63) is 59.7 Å². The monoisotopic (exact) mass is 319 g/mol. The van der Waals surface area contributed by atoms with Crippen LogP contribution in [0.15, 0.2) is 42.5 Å². The Morgan fingerprint density at radius 2 is 1.78 bits per heavy atom. The highest BCUT2D eigenvalue weighted by Crippen LogP contribution is 2.28. The number of nitrogens with one attached hydrogen (secondary N) is 1. The Kier molecular flexibility index (Phi) is 5.68. The van der Waals surface area contributed by atoms with Crippen LogP contribution >= 0.6 is 0 Å². The Bertz CT molecular complexity index is 668. The lowest BCUT2D eigenvalue weighted by Crippen LogP contribution is -2.22. The molecule has 0 saturated heterocycles. The van der Waals surface area contributed by atoms with Crippen molar-refractivity contribution >= 4 is 11.6 Å². The number of para-hydroxylation sites is 2. The van der Waals surface area contributed by atoms with E-state index in [2.05, 4.69) is 19.2 Å². The predicted octanol–water partition coefficient (Wildman–Crippen LogP) is 4.50. The average Bonchev–Trinajstić information content (AvgIpc) is 2.56. The predicted molar refractivity (Wildman–Crippen MR) is 85.6 cm³/mol. The molecule has 3 nitrogen and oxygen atoms in total. The van der Waals surface area contributed by atoms with Crippen LogP contribution < -0.4 is 10.1 Å². The fraction of sp³-hybridized carbons (Fsp3) is 0.278. The molecule has 1 N–H and O–H groups in total. The molecule has 0 aromatic heterocycles. The number of benzene rings is 2. The SMILES string of the molecule is CCC(C)c1ccccc1OCC(=O)Nc1c(F)cccc1F. The van der Waals surface area contributed by atoms with Crippen LogP contribution in [0.1, 0.15) is 31.7 Å². The topological polar surface area (TPSA) is 38.3 Å². The van der Waals surface area contributed by atoms with Crippen molar-refractivity contribution < 1.29 is 18.3 Å². The minimum atomic E-state index is -0.821. The van der Waals surface area contributed by atoms with E-state index in [-0.39, 0.29) is 6.61 Å². The van der Waals surface area contributed by atoms with Gasteiger partial charge in [-0.3, -0.25) is 4.79 Å². The second-order valence-electron chi connectivity index (χ2n) is 5.28. The molecular weight excluding hydrogens is 300 g/mol. The van der Waals surface area contributed by atoms with Crippen LogP contribution in [0.2, 0.25) is 0 Å². The summed E-state index contributed by atoms with van der Waals surface area (Å²) >= 11 is 0. The number of rotatable bonds is 6. The van der Waals surface area contributed by atoms with Crippen molar-refractivity contribution in [2.24, 2.45) is 0 Å². The summed E-state index contributed by atoms with van der Waals surface area (Å²) in [6, 6.07) is 10.8. The highest BCUT2D eigenvalue weighted by atomic mass is 19.1. The molecule has 0 fully saturated rings. The molecule has 1 unspecified atom stereocenters. The molecule has 1 amide bonds. The van der Waals surface area contributed by atoms with Gasteiger partial charge in [0.1, 0.15) is 23.1 Å². The summed E-state index contributed by atoms with van der Waals surface area (Å²) in [7, 11) is 0. The Labute approximate surface area is 134 Å². The van der Waals surface area contributed by atoms with Crippen LogP contribution in [0, 0.1) is 11.6 Å². The van der Waals surface area contributed by atoms with Gasteiger partial charge in [-0.15, -0.1) is 0 Å². The van der Waals surface area contributed by atoms with Crippen molar-refractivity contribution in [1.29, 1.82) is 0 Å². The number of amides is 1. The van der Waals surface area contributed by atoms with Gasteiger partial charge in [0.25, 0.3) is 5.91 Å². The van der Waals surface area contributed by atoms with E-state index in [0.717, 1.165) is 24.1 Å². The van der Waals surface area contributed by atoms with Gasteiger partial charge in [-0.25, -0.2) is 8.78 Å². The summed E-state index contributed by atoms with van der Waals surface area (Å²) in [5, 5.41) is 2.20. The van der Waals surface area contributed by atoms with Crippen LogP contribution in [0.3, 0.4) is 0 Å². The number of carbonyl (C=O) groups excluding carboxylic acids is 1. The highest BCUT2D eigenvalue weighted by Gasteiger charge is 2.14. The summed E-state index contributed by atoms with van der Waals surface area (Å²) in [5.41, 5.74) is 0.538. The first kappa shape index (κ1) is 16.9. The molecule has 2 aromatic carbocycles. The number of halogens is 2. The molecule has 2 aromatic rings. The normalized spacial score (nSPS) is 11.8. The Morgan fingerprint density at radius 3 is 2.43 bits per heavy atom. The lowest BCUT2D eigenvalue weighted by molar-refractivity contribution is -0.118. The summed E-state index contributed by atoms with van der Waals surface area (Å²) < 4.78 is 32.5. The first-order valence-corrected chi connectivity index (χ1v) is 7.48. The van der Waals surface area contributed by atoms with Crippen LogP contribution in [0.4, 0.5) is 14.5 Å². The van der Waals surface area contributed by atoms with E-state index in [1.54, 1.807) is 6.07 Å². The molecule has 5 heteroatoms. The molecule has 0 radical (unpaired) electrons. The number of carbonyl (C=O) groups is 1. The number of ether oxygens (including phenoxy) is 1. The molecule has 1 atom stereocenters. The molecule has 0 heterocycles. The van der Waals surface area contributed by atoms with E-state index in [1.807, 2.05) is 18.2 Å². The largest absolute Gasteiger partial charge is 0.483 e. The maximum Gasteiger partial charge on any atom is 0.262 e. The number of hydrogen-bond donors (Lipinski definition) is 1. The van der Waals surface area contributed by atoms with E-state index in [1.165, 1.54) is 6.07 Å². The first-order chi connectivity index (χ1) is 11.0. The molecule has 0 aliphatic rings. The van der Waals surface area contributed by atoms with Gasteiger partial charge in [0.2, 0.25) is 0 Å². The fourth-order valence-corrected chi connectivity index (χ4v) is 2.18. The summed E-state index contributed by atoms with van der Waals surface area (Å²) in [4.78, 5) is 11.9. The molecule has 2 rings (SSSR count). The second-order valence-corrected chi connectivity index (χ2v) is 5.28. The Hall–Kier alpha value is -2.43. The molecule has 23 heavy (non-hydrogen) atoms. The second kappa shape index (κ2) is 7.72. The minimum Gasteiger partial charge on any atom is -0.483 e. The molecule has 0 bridgehead atoms. The molecule has 0 saturated carbocycles. The molecule has 0 aliphatic carbocycles. The first-order valence-electron chi connectivity index (χ1n) is 7.48. The van der Waals surface area contributed by atoms with Crippen molar-refractivity contribution in [2.45, 2.75) is 26.2 Å². The van der Waals surface area contributed by atoms with Crippen molar-refractivity contribution in [2.75, 3.05) is 11.9 Å². The summed E-state index contributed by atoms with van der Waals surface area (Å²) in [6.45, 7) is 3.81. The van der Waals surface area contributed by atoms with E-state index in [0.29, 0.717) is 11.7 Å². The summed E-state index contributed by atoms with van der Waals surface area (Å²) in [6.07, 6.45) is 0.938. The van der Waals surface area contributed by atoms with E-state index >= 15 is 0 Å². The fourth-order valence-electron chi connectivity index (χ4n) is 2.18. The molecule has 0 aliphatic heterocycles. The van der Waals surface area contributed by atoms with Crippen LogP contribution in [0.25, 0.3) is 0 Å². The van der Waals surface area contributed by atoms with Gasteiger partial charge in [0, 0.05) is 0 Å². The molecule has 122 valence electrons.